The monoisotopic (exact) mass is 1020 g/mol. The third kappa shape index (κ3) is 9.66. The molecular weight excluding hydrogens is 956 g/mol. The van der Waals surface area contributed by atoms with Crippen molar-refractivity contribution in [2.45, 2.75) is 122 Å². The van der Waals surface area contributed by atoms with Crippen molar-refractivity contribution in [3.63, 3.8) is 0 Å². The van der Waals surface area contributed by atoms with E-state index in [4.69, 9.17) is 33.9 Å². The molecule has 4 aromatic heterocycles. The molecule has 4 amide bonds. The zero-order valence-corrected chi connectivity index (χ0v) is 43.1. The molecule has 3 saturated heterocycles. The van der Waals surface area contributed by atoms with Crippen LogP contribution in [0.1, 0.15) is 119 Å². The predicted molar refractivity (Wildman–Crippen MR) is 271 cm³/mol. The number of rotatable bonds is 13. The van der Waals surface area contributed by atoms with Gasteiger partial charge in [0.05, 0.1) is 82.3 Å². The van der Waals surface area contributed by atoms with Gasteiger partial charge in [-0.1, -0.05) is 26.8 Å². The zero-order chi connectivity index (χ0) is 51.3. The van der Waals surface area contributed by atoms with Gasteiger partial charge in [0.2, 0.25) is 18.0 Å². The van der Waals surface area contributed by atoms with Crippen LogP contribution in [0.15, 0.2) is 55.0 Å². The van der Waals surface area contributed by atoms with E-state index in [0.717, 1.165) is 57.7 Å². The maximum absolute atomic E-state index is 17.0. The number of thiazole rings is 1. The molecule has 6 aromatic rings. The Bertz CT molecular complexity index is 3050. The van der Waals surface area contributed by atoms with Gasteiger partial charge in [0.25, 0.3) is 0 Å². The number of carbonyl (C=O) groups excluding carboxylic acids is 4. The quantitative estimate of drug-likeness (QED) is 0.0857. The van der Waals surface area contributed by atoms with Crippen molar-refractivity contribution in [2.24, 2.45) is 11.8 Å². The molecule has 0 bridgehead atoms. The van der Waals surface area contributed by atoms with E-state index >= 15 is 4.39 Å². The van der Waals surface area contributed by atoms with E-state index in [2.05, 4.69) is 33.6 Å². The Morgan fingerprint density at radius 3 is 2.19 bits per heavy atom. The van der Waals surface area contributed by atoms with Crippen LogP contribution in [0.4, 0.5) is 14.0 Å². The van der Waals surface area contributed by atoms with Gasteiger partial charge in [-0.05, 0) is 107 Å². The standard InChI is InChI=1S/C53H63FN10O8S/c1-8-11-42-55-27-41(73-42)50-64-36-15-14-29(34-25-56-46(58-34)38-13-10-18-63(38)49(66)45(61-52(68)70-7)30-16-19-71-53(4,5)24-30)20-32(36)22-39(64)43-33(54)21-31(23-40(43)72-50)35-26-57-47(59-35)37-12-9-17-62(37)48(65)44(28(2)3)60-51(67)69-6/h14-15,20-23,25-28,30,37-38,44-45,50H,8-13,16-19,24H2,1-7H3,(H,56,58)(H,57,59)(H,60,67)(H,61,68)/t30-,37+,38+,44+,45+,50+/m1/s1. The van der Waals surface area contributed by atoms with Crippen LogP contribution in [0.3, 0.4) is 0 Å². The number of methoxy groups -OCH3 is 2. The van der Waals surface area contributed by atoms with E-state index in [0.29, 0.717) is 85.3 Å². The van der Waals surface area contributed by atoms with Crippen molar-refractivity contribution in [2.75, 3.05) is 33.9 Å². The summed E-state index contributed by atoms with van der Waals surface area (Å²) in [4.78, 5) is 78.6. The third-order valence-corrected chi connectivity index (χ3v) is 15.8. The lowest BCUT2D eigenvalue weighted by Crippen LogP contribution is -2.54. The summed E-state index contributed by atoms with van der Waals surface area (Å²) in [5, 5.41) is 7.39. The summed E-state index contributed by atoms with van der Waals surface area (Å²) in [6, 6.07) is 9.12. The van der Waals surface area contributed by atoms with Crippen molar-refractivity contribution in [1.29, 1.82) is 0 Å². The Morgan fingerprint density at radius 2 is 1.53 bits per heavy atom. The number of benzene rings is 2. The van der Waals surface area contributed by atoms with Crippen molar-refractivity contribution in [3.05, 3.63) is 82.3 Å². The number of imidazole rings is 2. The van der Waals surface area contributed by atoms with Crippen LogP contribution in [-0.4, -0.2) is 115 Å². The number of aromatic amines is 2. The Labute approximate surface area is 426 Å². The summed E-state index contributed by atoms with van der Waals surface area (Å²) in [6.07, 6.45) is 9.21. The van der Waals surface area contributed by atoms with Crippen LogP contribution in [0.2, 0.25) is 0 Å². The average Bonchev–Trinajstić information content (AvgIpc) is 4.24. The van der Waals surface area contributed by atoms with Gasteiger partial charge in [-0.25, -0.2) is 28.9 Å². The maximum atomic E-state index is 17.0. The summed E-state index contributed by atoms with van der Waals surface area (Å²) in [5.74, 6) is 0.402. The van der Waals surface area contributed by atoms with Crippen LogP contribution in [-0.2, 0) is 30.2 Å². The molecule has 73 heavy (non-hydrogen) atoms. The molecule has 386 valence electrons. The molecule has 2 aromatic carbocycles. The minimum atomic E-state index is -0.778. The molecular formula is C53H63FN10O8S. The average molecular weight is 1020 g/mol. The summed E-state index contributed by atoms with van der Waals surface area (Å²) in [6.45, 7) is 11.4. The second-order valence-electron chi connectivity index (χ2n) is 20.5. The number of likely N-dealkylation sites (tertiary alicyclic amines) is 2. The minimum absolute atomic E-state index is 0.133. The third-order valence-electron chi connectivity index (χ3n) is 14.7. The van der Waals surface area contributed by atoms with E-state index in [9.17, 15) is 19.2 Å². The number of nitrogens with one attached hydrogen (secondary N) is 4. The number of hydrogen-bond acceptors (Lipinski definition) is 12. The zero-order valence-electron chi connectivity index (χ0n) is 42.3. The van der Waals surface area contributed by atoms with Gasteiger partial charge in [-0.2, -0.15) is 0 Å². The van der Waals surface area contributed by atoms with Crippen LogP contribution in [0.5, 0.6) is 5.75 Å². The number of halogens is 1. The smallest absolute Gasteiger partial charge is 0.407 e. The number of aryl methyl sites for hydroxylation is 1. The number of carbonyl (C=O) groups is 4. The summed E-state index contributed by atoms with van der Waals surface area (Å²) in [7, 11) is 2.57. The van der Waals surface area contributed by atoms with Gasteiger partial charge >= 0.3 is 12.2 Å². The molecule has 3 fully saturated rings. The molecule has 0 radical (unpaired) electrons. The lowest BCUT2D eigenvalue weighted by molar-refractivity contribution is -0.139. The van der Waals surface area contributed by atoms with Gasteiger partial charge in [0.1, 0.15) is 35.3 Å². The molecule has 8 heterocycles. The predicted octanol–water partition coefficient (Wildman–Crippen LogP) is 9.21. The number of fused-ring (bicyclic) bond motifs is 5. The highest BCUT2D eigenvalue weighted by Gasteiger charge is 2.43. The van der Waals surface area contributed by atoms with Crippen molar-refractivity contribution in [1.82, 2.24) is 49.9 Å². The first kappa shape index (κ1) is 49.8. The number of alkyl carbamates (subject to hydrolysis) is 2. The SMILES string of the molecule is CCCc1ncc([C@@H]2Oc3cc(-c4cnc([C@@H]5CCCN5C(=O)[C@@H](NC(=O)OC)C(C)C)[nH]4)cc(F)c3-c3cc4cc(-c5cnc([C@@H]6CCCN6C(=O)[C@@H](NC(=O)OC)[C@@H]6CCOC(C)(C)C6)[nH]5)ccc4n32)s1. The molecule has 4 aliphatic rings. The summed E-state index contributed by atoms with van der Waals surface area (Å²) in [5.41, 5.74) is 4.07. The highest BCUT2D eigenvalue weighted by atomic mass is 32.1. The minimum Gasteiger partial charge on any atom is -0.464 e. The lowest BCUT2D eigenvalue weighted by Gasteiger charge is -2.40. The van der Waals surface area contributed by atoms with Gasteiger partial charge in [0, 0.05) is 42.4 Å². The maximum Gasteiger partial charge on any atom is 0.407 e. The van der Waals surface area contributed by atoms with Gasteiger partial charge in [-0.15, -0.1) is 11.3 Å². The fraction of sp³-hybridized carbons (Fsp3) is 0.491. The highest BCUT2D eigenvalue weighted by molar-refractivity contribution is 7.11. The first-order chi connectivity index (χ1) is 35.1. The molecule has 20 heteroatoms. The van der Waals surface area contributed by atoms with Crippen molar-refractivity contribution >= 4 is 46.2 Å². The van der Waals surface area contributed by atoms with Crippen LogP contribution >= 0.6 is 11.3 Å². The number of hydrogen-bond donors (Lipinski definition) is 4. The summed E-state index contributed by atoms with van der Waals surface area (Å²) < 4.78 is 41.6. The van der Waals surface area contributed by atoms with Crippen LogP contribution < -0.4 is 15.4 Å². The van der Waals surface area contributed by atoms with Gasteiger partial charge in [-0.3, -0.25) is 14.2 Å². The molecule has 4 aliphatic heterocycles. The van der Waals surface area contributed by atoms with Gasteiger partial charge in [0.15, 0.2) is 0 Å². The number of ether oxygens (including phenoxy) is 4. The Balaban J connectivity index is 0.950. The highest BCUT2D eigenvalue weighted by Crippen LogP contribution is 2.48. The molecule has 18 nitrogen and oxygen atoms in total. The summed E-state index contributed by atoms with van der Waals surface area (Å²) >= 11 is 1.57. The topological polar surface area (TPSA) is 211 Å². The van der Waals surface area contributed by atoms with E-state index < -0.39 is 41.9 Å². The van der Waals surface area contributed by atoms with Gasteiger partial charge < -0.3 is 49.3 Å². The van der Waals surface area contributed by atoms with E-state index in [1.54, 1.807) is 28.6 Å². The van der Waals surface area contributed by atoms with Crippen molar-refractivity contribution < 1.29 is 42.5 Å². The fourth-order valence-electron chi connectivity index (χ4n) is 11.2. The molecule has 0 unspecified atom stereocenters. The Kier molecular flexibility index (Phi) is 13.8. The molecule has 4 N–H and O–H groups in total. The second kappa shape index (κ2) is 20.2. The Hall–Kier alpha value is -6.80. The largest absolute Gasteiger partial charge is 0.464 e. The van der Waals surface area contributed by atoms with E-state index in [1.165, 1.54) is 20.3 Å². The number of H-pyrrole nitrogens is 2. The van der Waals surface area contributed by atoms with E-state index in [-0.39, 0.29) is 35.7 Å². The Morgan fingerprint density at radius 1 is 0.863 bits per heavy atom. The fourth-order valence-corrected chi connectivity index (χ4v) is 12.2. The second-order valence-corrected chi connectivity index (χ2v) is 21.6. The number of nitrogens with zero attached hydrogens (tertiary/aromatic N) is 6. The van der Waals surface area contributed by atoms with Crippen molar-refractivity contribution in [3.8, 4) is 39.5 Å². The first-order valence-electron chi connectivity index (χ1n) is 25.3. The molecule has 10 rings (SSSR count). The molecule has 0 spiro atoms. The number of amides is 4. The van der Waals surface area contributed by atoms with Crippen LogP contribution in [0.25, 0.3) is 44.7 Å². The lowest BCUT2D eigenvalue weighted by atomic mass is 9.82. The molecule has 6 atom stereocenters. The molecule has 0 aliphatic carbocycles. The van der Waals surface area contributed by atoms with Crippen LogP contribution in [0, 0.1) is 17.7 Å². The number of aromatic nitrogens is 6. The first-order valence-corrected chi connectivity index (χ1v) is 26.1. The normalized spacial score (nSPS) is 21.1. The van der Waals surface area contributed by atoms with E-state index in [1.807, 2.05) is 67.6 Å². The molecule has 0 saturated carbocycles.